The molecule has 1 fully saturated rings. The molecule has 0 aromatic rings. The number of sulfone groups is 1. The molecule has 0 bridgehead atoms. The molecular formula is C16H33IN4O3S. The van der Waals surface area contributed by atoms with E-state index in [-0.39, 0.29) is 47.4 Å². The lowest BCUT2D eigenvalue weighted by Crippen LogP contribution is -2.41. The van der Waals surface area contributed by atoms with Gasteiger partial charge in [0, 0.05) is 32.1 Å². The van der Waals surface area contributed by atoms with Crippen molar-refractivity contribution in [2.24, 2.45) is 10.9 Å². The molecule has 0 aromatic carbocycles. The quantitative estimate of drug-likeness (QED) is 0.258. The zero-order valence-corrected chi connectivity index (χ0v) is 18.7. The summed E-state index contributed by atoms with van der Waals surface area (Å²) in [6, 6.07) is -0.237. The molecule has 0 radical (unpaired) electrons. The van der Waals surface area contributed by atoms with Crippen LogP contribution in [0.25, 0.3) is 0 Å². The topological polar surface area (TPSA) is 99.7 Å². The van der Waals surface area contributed by atoms with Crippen LogP contribution in [0.2, 0.25) is 0 Å². The molecule has 1 saturated heterocycles. The molecule has 1 rings (SSSR count). The van der Waals surface area contributed by atoms with E-state index in [1.807, 2.05) is 6.92 Å². The molecule has 0 saturated carbocycles. The number of halogens is 1. The summed E-state index contributed by atoms with van der Waals surface area (Å²) in [5, 5.41) is 9.12. The number of aliphatic imine (C=N–C) groups is 1. The number of carbonyl (C=O) groups excluding carboxylic acids is 1. The van der Waals surface area contributed by atoms with Crippen molar-refractivity contribution in [3.05, 3.63) is 0 Å². The molecule has 1 aliphatic rings. The second-order valence-electron chi connectivity index (χ2n) is 6.25. The van der Waals surface area contributed by atoms with Crippen molar-refractivity contribution in [2.45, 2.75) is 52.5 Å². The molecule has 0 aromatic heterocycles. The maximum absolute atomic E-state index is 11.9. The van der Waals surface area contributed by atoms with Crippen LogP contribution in [0.1, 0.15) is 46.5 Å². The Balaban J connectivity index is 0.00000576. The van der Waals surface area contributed by atoms with Crippen LogP contribution in [0.3, 0.4) is 0 Å². The summed E-state index contributed by atoms with van der Waals surface area (Å²) in [5.74, 6) is 1.41. The average molecular weight is 488 g/mol. The van der Waals surface area contributed by atoms with Crippen molar-refractivity contribution in [3.63, 3.8) is 0 Å². The molecule has 1 amide bonds. The molecule has 1 aliphatic heterocycles. The fraction of sp³-hybridized carbons (Fsp3) is 0.875. The first-order valence-corrected chi connectivity index (χ1v) is 10.7. The van der Waals surface area contributed by atoms with Crippen LogP contribution in [0, 0.1) is 5.92 Å². The van der Waals surface area contributed by atoms with E-state index in [0.29, 0.717) is 25.3 Å². The molecule has 9 heteroatoms. The monoisotopic (exact) mass is 488 g/mol. The first-order chi connectivity index (χ1) is 11.4. The number of hydrogen-bond acceptors (Lipinski definition) is 4. The van der Waals surface area contributed by atoms with Crippen LogP contribution >= 0.6 is 24.0 Å². The van der Waals surface area contributed by atoms with Gasteiger partial charge in [-0.2, -0.15) is 0 Å². The predicted octanol–water partition coefficient (Wildman–Crippen LogP) is 1.29. The first kappa shape index (κ1) is 24.4. The number of amides is 1. The summed E-state index contributed by atoms with van der Waals surface area (Å²) in [6.45, 7) is 8.34. The summed E-state index contributed by atoms with van der Waals surface area (Å²) in [7, 11) is -2.96. The number of carbonyl (C=O) groups is 1. The molecule has 0 aliphatic carbocycles. The SMILES string of the molecule is CCNC(=NCC(CC)CC)NCCC(=O)NC1CCS(=O)(=O)C1.I. The van der Waals surface area contributed by atoms with Crippen molar-refractivity contribution in [3.8, 4) is 0 Å². The van der Waals surface area contributed by atoms with Crippen LogP contribution < -0.4 is 16.0 Å². The average Bonchev–Trinajstić information content (AvgIpc) is 2.86. The third-order valence-corrected chi connectivity index (χ3v) is 6.02. The third kappa shape index (κ3) is 10.2. The Labute approximate surface area is 169 Å². The van der Waals surface area contributed by atoms with Gasteiger partial charge in [-0.15, -0.1) is 24.0 Å². The normalized spacial score (nSPS) is 19.4. The number of nitrogens with zero attached hydrogens (tertiary/aromatic N) is 1. The molecule has 148 valence electrons. The van der Waals surface area contributed by atoms with E-state index >= 15 is 0 Å². The Morgan fingerprint density at radius 1 is 1.20 bits per heavy atom. The highest BCUT2D eigenvalue weighted by atomic mass is 127. The van der Waals surface area contributed by atoms with Gasteiger partial charge < -0.3 is 16.0 Å². The Morgan fingerprint density at radius 2 is 1.88 bits per heavy atom. The van der Waals surface area contributed by atoms with Crippen LogP contribution in [0.5, 0.6) is 0 Å². The van der Waals surface area contributed by atoms with E-state index in [0.717, 1.165) is 31.9 Å². The Kier molecular flexibility index (Phi) is 12.4. The van der Waals surface area contributed by atoms with Crippen LogP contribution in [-0.2, 0) is 14.6 Å². The van der Waals surface area contributed by atoms with Crippen LogP contribution in [0.4, 0.5) is 0 Å². The van der Waals surface area contributed by atoms with Gasteiger partial charge in [0.1, 0.15) is 0 Å². The molecule has 0 spiro atoms. The van der Waals surface area contributed by atoms with E-state index in [4.69, 9.17) is 0 Å². The number of nitrogens with one attached hydrogen (secondary N) is 3. The number of guanidine groups is 1. The van der Waals surface area contributed by atoms with Gasteiger partial charge in [-0.1, -0.05) is 26.7 Å². The van der Waals surface area contributed by atoms with Crippen LogP contribution in [0.15, 0.2) is 4.99 Å². The van der Waals surface area contributed by atoms with Gasteiger partial charge in [0.25, 0.3) is 0 Å². The number of hydrogen-bond donors (Lipinski definition) is 3. The fourth-order valence-electron chi connectivity index (χ4n) is 2.61. The van der Waals surface area contributed by atoms with Gasteiger partial charge >= 0.3 is 0 Å². The second kappa shape index (κ2) is 12.7. The van der Waals surface area contributed by atoms with Crippen molar-refractivity contribution >= 4 is 45.7 Å². The van der Waals surface area contributed by atoms with Crippen molar-refractivity contribution in [1.29, 1.82) is 0 Å². The highest BCUT2D eigenvalue weighted by Crippen LogP contribution is 2.11. The lowest BCUT2D eigenvalue weighted by atomic mass is 10.0. The molecular weight excluding hydrogens is 455 g/mol. The van der Waals surface area contributed by atoms with Gasteiger partial charge in [-0.05, 0) is 19.3 Å². The largest absolute Gasteiger partial charge is 0.357 e. The van der Waals surface area contributed by atoms with Gasteiger partial charge in [-0.25, -0.2) is 8.42 Å². The van der Waals surface area contributed by atoms with Crippen molar-refractivity contribution in [1.82, 2.24) is 16.0 Å². The summed E-state index contributed by atoms with van der Waals surface area (Å²) < 4.78 is 22.8. The minimum Gasteiger partial charge on any atom is -0.357 e. The van der Waals surface area contributed by atoms with Gasteiger partial charge in [0.15, 0.2) is 15.8 Å². The minimum atomic E-state index is -2.96. The Morgan fingerprint density at radius 3 is 2.40 bits per heavy atom. The first-order valence-electron chi connectivity index (χ1n) is 8.92. The highest BCUT2D eigenvalue weighted by Gasteiger charge is 2.28. The van der Waals surface area contributed by atoms with Crippen LogP contribution in [-0.4, -0.2) is 57.5 Å². The molecule has 25 heavy (non-hydrogen) atoms. The molecule has 1 atom stereocenters. The lowest BCUT2D eigenvalue weighted by Gasteiger charge is -2.14. The predicted molar refractivity (Wildman–Crippen MR) is 113 cm³/mol. The summed E-state index contributed by atoms with van der Waals surface area (Å²) in [6.07, 6.45) is 3.02. The fourth-order valence-corrected chi connectivity index (χ4v) is 4.29. The Bertz CT molecular complexity index is 521. The van der Waals surface area contributed by atoms with E-state index < -0.39 is 9.84 Å². The highest BCUT2D eigenvalue weighted by molar-refractivity contribution is 14.0. The minimum absolute atomic E-state index is 0. The van der Waals surface area contributed by atoms with E-state index in [1.54, 1.807) is 0 Å². The summed E-state index contributed by atoms with van der Waals surface area (Å²) in [5.41, 5.74) is 0. The second-order valence-corrected chi connectivity index (χ2v) is 8.48. The van der Waals surface area contributed by atoms with Crippen molar-refractivity contribution in [2.75, 3.05) is 31.1 Å². The maximum Gasteiger partial charge on any atom is 0.222 e. The summed E-state index contributed by atoms with van der Waals surface area (Å²) in [4.78, 5) is 16.5. The molecule has 1 heterocycles. The van der Waals surface area contributed by atoms with Gasteiger partial charge in [0.2, 0.25) is 5.91 Å². The zero-order chi connectivity index (χ0) is 18.0. The van der Waals surface area contributed by atoms with E-state index in [2.05, 4.69) is 34.8 Å². The number of rotatable bonds is 9. The smallest absolute Gasteiger partial charge is 0.222 e. The van der Waals surface area contributed by atoms with Gasteiger partial charge in [0.05, 0.1) is 11.5 Å². The zero-order valence-electron chi connectivity index (χ0n) is 15.5. The summed E-state index contributed by atoms with van der Waals surface area (Å²) >= 11 is 0. The lowest BCUT2D eigenvalue weighted by molar-refractivity contribution is -0.121. The standard InChI is InChI=1S/C16H32N4O3S.HI/c1-4-13(5-2)11-19-16(17-6-3)18-9-7-15(21)20-14-8-10-24(22,23)12-14;/h13-14H,4-12H2,1-3H3,(H,20,21)(H2,17,18,19);1H. The van der Waals surface area contributed by atoms with E-state index in [1.165, 1.54) is 0 Å². The van der Waals surface area contributed by atoms with Crippen molar-refractivity contribution < 1.29 is 13.2 Å². The van der Waals surface area contributed by atoms with Gasteiger partial charge in [-0.3, -0.25) is 9.79 Å². The maximum atomic E-state index is 11.9. The molecule has 3 N–H and O–H groups in total. The van der Waals surface area contributed by atoms with E-state index in [9.17, 15) is 13.2 Å². The Hall–Kier alpha value is -0.580. The third-order valence-electron chi connectivity index (χ3n) is 4.25. The molecule has 7 nitrogen and oxygen atoms in total. The molecule has 1 unspecified atom stereocenters.